The highest BCUT2D eigenvalue weighted by Gasteiger charge is 2.17. The van der Waals surface area contributed by atoms with Crippen LogP contribution in [0.3, 0.4) is 0 Å². The second-order valence-corrected chi connectivity index (χ2v) is 4.82. The quantitative estimate of drug-likeness (QED) is 0.555. The van der Waals surface area contributed by atoms with E-state index in [-0.39, 0.29) is 0 Å². The van der Waals surface area contributed by atoms with E-state index < -0.39 is 11.2 Å². The SMILES string of the molecule is CCn1c(NCCCN)nc2c1c(=O)[nH]c(=O)n2CCOC. The molecule has 0 unspecified atom stereocenters. The number of hydrogen-bond donors (Lipinski definition) is 3. The molecule has 0 spiro atoms. The number of methoxy groups -OCH3 is 1. The van der Waals surface area contributed by atoms with E-state index in [9.17, 15) is 9.59 Å². The molecule has 0 saturated heterocycles. The van der Waals surface area contributed by atoms with Crippen molar-refractivity contribution in [2.24, 2.45) is 5.73 Å². The number of aromatic amines is 1. The molecule has 2 rings (SSSR count). The largest absolute Gasteiger partial charge is 0.383 e. The number of nitrogens with two attached hydrogens (primary N) is 1. The average Bonchev–Trinajstić information content (AvgIpc) is 2.86. The lowest BCUT2D eigenvalue weighted by Crippen LogP contribution is -2.32. The first-order chi connectivity index (χ1) is 10.6. The number of H-pyrrole nitrogens is 1. The van der Waals surface area contributed by atoms with Crippen LogP contribution in [0.25, 0.3) is 11.2 Å². The van der Waals surface area contributed by atoms with Gasteiger partial charge < -0.3 is 20.4 Å². The second kappa shape index (κ2) is 7.23. The Morgan fingerprint density at radius 2 is 2.14 bits per heavy atom. The first-order valence-corrected chi connectivity index (χ1v) is 7.30. The summed E-state index contributed by atoms with van der Waals surface area (Å²) in [5, 5.41) is 3.16. The van der Waals surface area contributed by atoms with Crippen LogP contribution in [0.5, 0.6) is 0 Å². The minimum absolute atomic E-state index is 0.325. The number of nitrogens with zero attached hydrogens (tertiary/aromatic N) is 3. The van der Waals surface area contributed by atoms with Gasteiger partial charge in [-0.1, -0.05) is 0 Å². The van der Waals surface area contributed by atoms with Gasteiger partial charge in [0, 0.05) is 20.2 Å². The van der Waals surface area contributed by atoms with Gasteiger partial charge in [-0.15, -0.1) is 0 Å². The Hall–Kier alpha value is -2.13. The van der Waals surface area contributed by atoms with Gasteiger partial charge in [-0.05, 0) is 19.9 Å². The first-order valence-electron chi connectivity index (χ1n) is 7.30. The number of anilines is 1. The third-order valence-corrected chi connectivity index (χ3v) is 3.38. The molecule has 0 fully saturated rings. The molecule has 4 N–H and O–H groups in total. The molecule has 22 heavy (non-hydrogen) atoms. The van der Waals surface area contributed by atoms with E-state index in [0.717, 1.165) is 6.42 Å². The molecule has 0 aromatic carbocycles. The zero-order valence-electron chi connectivity index (χ0n) is 12.9. The Labute approximate surface area is 127 Å². The van der Waals surface area contributed by atoms with Crippen LogP contribution >= 0.6 is 0 Å². The maximum atomic E-state index is 12.1. The molecule has 0 aliphatic carbocycles. The number of nitrogens with one attached hydrogen (secondary N) is 2. The van der Waals surface area contributed by atoms with Crippen molar-refractivity contribution in [3.63, 3.8) is 0 Å². The number of ether oxygens (including phenoxy) is 1. The molecule has 0 atom stereocenters. The summed E-state index contributed by atoms with van der Waals surface area (Å²) in [6, 6.07) is 0. The smallest absolute Gasteiger partial charge is 0.330 e. The summed E-state index contributed by atoms with van der Waals surface area (Å²) in [7, 11) is 1.55. The van der Waals surface area contributed by atoms with E-state index in [1.54, 1.807) is 11.7 Å². The van der Waals surface area contributed by atoms with Crippen molar-refractivity contribution in [3.8, 4) is 0 Å². The van der Waals surface area contributed by atoms with Crippen LogP contribution in [0.1, 0.15) is 13.3 Å². The lowest BCUT2D eigenvalue weighted by molar-refractivity contribution is 0.187. The van der Waals surface area contributed by atoms with Crippen LogP contribution in [0.4, 0.5) is 5.95 Å². The van der Waals surface area contributed by atoms with Crippen LogP contribution in [-0.4, -0.2) is 45.9 Å². The molecule has 0 bridgehead atoms. The summed E-state index contributed by atoms with van der Waals surface area (Å²) in [6.07, 6.45) is 0.791. The summed E-state index contributed by atoms with van der Waals surface area (Å²) in [5.41, 5.74) is 5.31. The summed E-state index contributed by atoms with van der Waals surface area (Å²) in [5.74, 6) is 0.563. The van der Waals surface area contributed by atoms with Gasteiger partial charge in [0.1, 0.15) is 0 Å². The summed E-state index contributed by atoms with van der Waals surface area (Å²) >= 11 is 0. The van der Waals surface area contributed by atoms with Crippen molar-refractivity contribution < 1.29 is 4.74 Å². The van der Waals surface area contributed by atoms with E-state index in [4.69, 9.17) is 10.5 Å². The Morgan fingerprint density at radius 3 is 2.77 bits per heavy atom. The topological polar surface area (TPSA) is 120 Å². The number of hydrogen-bond acceptors (Lipinski definition) is 6. The Morgan fingerprint density at radius 1 is 1.36 bits per heavy atom. The Bertz CT molecular complexity index is 745. The summed E-state index contributed by atoms with van der Waals surface area (Å²) in [6.45, 7) is 4.38. The monoisotopic (exact) mass is 310 g/mol. The average molecular weight is 310 g/mol. The van der Waals surface area contributed by atoms with Gasteiger partial charge in [0.05, 0.1) is 13.2 Å². The zero-order valence-corrected chi connectivity index (χ0v) is 12.9. The van der Waals surface area contributed by atoms with E-state index in [1.807, 2.05) is 6.92 Å². The normalized spacial score (nSPS) is 11.2. The van der Waals surface area contributed by atoms with Gasteiger partial charge in [-0.2, -0.15) is 4.98 Å². The van der Waals surface area contributed by atoms with Gasteiger partial charge in [0.15, 0.2) is 11.2 Å². The molecule has 2 heterocycles. The van der Waals surface area contributed by atoms with Gasteiger partial charge in [0.25, 0.3) is 5.56 Å². The highest BCUT2D eigenvalue weighted by molar-refractivity contribution is 5.74. The second-order valence-electron chi connectivity index (χ2n) is 4.82. The predicted octanol–water partition coefficient (Wildman–Crippen LogP) is -0.687. The number of aromatic nitrogens is 4. The third-order valence-electron chi connectivity index (χ3n) is 3.38. The van der Waals surface area contributed by atoms with Gasteiger partial charge >= 0.3 is 5.69 Å². The van der Waals surface area contributed by atoms with Gasteiger partial charge in [-0.25, -0.2) is 4.79 Å². The van der Waals surface area contributed by atoms with Gasteiger partial charge in [-0.3, -0.25) is 14.3 Å². The molecule has 0 aliphatic rings. The summed E-state index contributed by atoms with van der Waals surface area (Å²) in [4.78, 5) is 30.9. The molecular weight excluding hydrogens is 288 g/mol. The number of imidazole rings is 1. The van der Waals surface area contributed by atoms with Crippen LogP contribution in [0.15, 0.2) is 9.59 Å². The van der Waals surface area contributed by atoms with Crippen molar-refractivity contribution in [3.05, 3.63) is 20.8 Å². The number of aryl methyl sites for hydroxylation is 1. The van der Waals surface area contributed by atoms with Crippen molar-refractivity contribution in [1.82, 2.24) is 19.1 Å². The zero-order chi connectivity index (χ0) is 16.1. The molecule has 2 aromatic heterocycles. The molecule has 9 heteroatoms. The lowest BCUT2D eigenvalue weighted by Gasteiger charge is -2.07. The molecule has 0 saturated carbocycles. The molecule has 0 amide bonds. The lowest BCUT2D eigenvalue weighted by atomic mass is 10.4. The third kappa shape index (κ3) is 3.04. The highest BCUT2D eigenvalue weighted by Crippen LogP contribution is 2.15. The van der Waals surface area contributed by atoms with Crippen LogP contribution in [-0.2, 0) is 17.8 Å². The fourth-order valence-corrected chi connectivity index (χ4v) is 2.31. The molecular formula is C13H22N6O3. The van der Waals surface area contributed by atoms with Crippen molar-refractivity contribution in [1.29, 1.82) is 0 Å². The standard InChI is InChI=1S/C13H22N6O3/c1-3-18-9-10(16-12(18)15-6-4-5-14)19(7-8-22-2)13(21)17-11(9)20/h3-8,14H2,1-2H3,(H,15,16)(H,17,20,21). The Balaban J connectivity index is 2.57. The maximum Gasteiger partial charge on any atom is 0.330 e. The van der Waals surface area contributed by atoms with Crippen LogP contribution in [0, 0.1) is 0 Å². The van der Waals surface area contributed by atoms with E-state index in [2.05, 4.69) is 15.3 Å². The highest BCUT2D eigenvalue weighted by atomic mass is 16.5. The predicted molar refractivity (Wildman–Crippen MR) is 84.3 cm³/mol. The minimum atomic E-state index is -0.483. The molecule has 122 valence electrons. The first kappa shape index (κ1) is 16.2. The molecule has 2 aromatic rings. The fraction of sp³-hybridized carbons (Fsp3) is 0.615. The Kier molecular flexibility index (Phi) is 5.34. The summed E-state index contributed by atoms with van der Waals surface area (Å²) < 4.78 is 8.18. The van der Waals surface area contributed by atoms with E-state index in [0.29, 0.717) is 49.9 Å². The van der Waals surface area contributed by atoms with E-state index >= 15 is 0 Å². The van der Waals surface area contributed by atoms with Crippen molar-refractivity contribution in [2.45, 2.75) is 26.4 Å². The van der Waals surface area contributed by atoms with Crippen LogP contribution < -0.4 is 22.3 Å². The number of rotatable bonds is 8. The van der Waals surface area contributed by atoms with Crippen molar-refractivity contribution >= 4 is 17.1 Å². The number of fused-ring (bicyclic) bond motifs is 1. The molecule has 0 aliphatic heterocycles. The van der Waals surface area contributed by atoms with Crippen molar-refractivity contribution in [2.75, 3.05) is 32.1 Å². The maximum absolute atomic E-state index is 12.1. The van der Waals surface area contributed by atoms with E-state index in [1.165, 1.54) is 4.57 Å². The molecule has 9 nitrogen and oxygen atoms in total. The molecule has 0 radical (unpaired) electrons. The van der Waals surface area contributed by atoms with Gasteiger partial charge in [0.2, 0.25) is 5.95 Å². The van der Waals surface area contributed by atoms with Crippen LogP contribution in [0.2, 0.25) is 0 Å². The minimum Gasteiger partial charge on any atom is -0.383 e. The fourth-order valence-electron chi connectivity index (χ4n) is 2.31.